The van der Waals surface area contributed by atoms with Gasteiger partial charge in [-0.3, -0.25) is 9.69 Å². The molecule has 1 aliphatic heterocycles. The molecule has 26 heavy (non-hydrogen) atoms. The fourth-order valence-electron chi connectivity index (χ4n) is 3.29. The summed E-state index contributed by atoms with van der Waals surface area (Å²) in [4.78, 5) is 17.1. The first-order valence-corrected chi connectivity index (χ1v) is 9.96. The summed E-state index contributed by atoms with van der Waals surface area (Å²) in [6.07, 6.45) is 0.885. The van der Waals surface area contributed by atoms with Crippen LogP contribution in [-0.4, -0.2) is 23.9 Å². The third-order valence-electron chi connectivity index (χ3n) is 4.43. The lowest BCUT2D eigenvalue weighted by molar-refractivity contribution is -0.117. The molecule has 0 aliphatic carbocycles. The van der Waals surface area contributed by atoms with Crippen molar-refractivity contribution in [1.82, 2.24) is 4.90 Å². The molecule has 0 spiro atoms. The van der Waals surface area contributed by atoms with Crippen LogP contribution in [0.5, 0.6) is 0 Å². The van der Waals surface area contributed by atoms with Crippen LogP contribution < -0.4 is 5.32 Å². The Morgan fingerprint density at radius 2 is 2.08 bits per heavy atom. The summed E-state index contributed by atoms with van der Waals surface area (Å²) in [5.41, 5.74) is 1.10. The van der Waals surface area contributed by atoms with Crippen molar-refractivity contribution in [2.24, 2.45) is 0 Å². The first-order chi connectivity index (χ1) is 12.6. The van der Waals surface area contributed by atoms with Crippen LogP contribution in [-0.2, 0) is 11.2 Å². The number of nitrogens with one attached hydrogen (secondary N) is 1. The highest BCUT2D eigenvalue weighted by Crippen LogP contribution is 2.39. The molecule has 0 saturated heterocycles. The number of halogens is 2. The van der Waals surface area contributed by atoms with Gasteiger partial charge in [0.05, 0.1) is 18.3 Å². The van der Waals surface area contributed by atoms with Gasteiger partial charge < -0.3 is 5.32 Å². The number of anilines is 1. The maximum absolute atomic E-state index is 13.8. The summed E-state index contributed by atoms with van der Waals surface area (Å²) in [7, 11) is 0. The SMILES string of the molecule is O=C(CN1CCc2sccc2[C@H]1c1cccs1)Nc1cc(F)ccc1F. The smallest absolute Gasteiger partial charge is 0.238 e. The molecule has 3 nitrogen and oxygen atoms in total. The lowest BCUT2D eigenvalue weighted by Gasteiger charge is -2.34. The Morgan fingerprint density at radius 3 is 2.88 bits per heavy atom. The normalized spacial score (nSPS) is 17.1. The molecule has 0 fully saturated rings. The van der Waals surface area contributed by atoms with Crippen molar-refractivity contribution in [3.8, 4) is 0 Å². The summed E-state index contributed by atoms with van der Waals surface area (Å²) >= 11 is 3.40. The van der Waals surface area contributed by atoms with Crippen molar-refractivity contribution < 1.29 is 13.6 Å². The number of hydrogen-bond donors (Lipinski definition) is 1. The molecule has 1 amide bonds. The van der Waals surface area contributed by atoms with E-state index in [2.05, 4.69) is 27.7 Å². The largest absolute Gasteiger partial charge is 0.322 e. The molecule has 2 aromatic heterocycles. The van der Waals surface area contributed by atoms with Gasteiger partial charge in [-0.1, -0.05) is 6.07 Å². The molecule has 1 atom stereocenters. The third-order valence-corrected chi connectivity index (χ3v) is 6.35. The highest BCUT2D eigenvalue weighted by Gasteiger charge is 2.31. The van der Waals surface area contributed by atoms with Gasteiger partial charge in [-0.15, -0.1) is 22.7 Å². The van der Waals surface area contributed by atoms with Crippen LogP contribution in [0.1, 0.15) is 21.4 Å². The molecule has 0 unspecified atom stereocenters. The van der Waals surface area contributed by atoms with E-state index in [1.807, 2.05) is 11.4 Å². The Hall–Kier alpha value is -2.09. The van der Waals surface area contributed by atoms with E-state index in [1.165, 1.54) is 15.3 Å². The molecule has 3 aromatic rings. The topological polar surface area (TPSA) is 32.3 Å². The van der Waals surface area contributed by atoms with Crippen molar-refractivity contribution in [2.75, 3.05) is 18.4 Å². The Morgan fingerprint density at radius 1 is 1.19 bits per heavy atom. The standard InChI is InChI=1S/C19H16F2N2OS2/c20-12-3-4-14(21)15(10-12)22-18(24)11-23-7-5-16-13(6-9-26-16)19(23)17-2-1-8-25-17/h1-4,6,8-10,19H,5,7,11H2,(H,22,24)/t19-/m0/s1. The highest BCUT2D eigenvalue weighted by atomic mass is 32.1. The first-order valence-electron chi connectivity index (χ1n) is 8.20. The number of carbonyl (C=O) groups excluding carboxylic acids is 1. The van der Waals surface area contributed by atoms with Crippen LogP contribution in [0.25, 0.3) is 0 Å². The summed E-state index contributed by atoms with van der Waals surface area (Å²) < 4.78 is 27.1. The van der Waals surface area contributed by atoms with E-state index in [1.54, 1.807) is 22.7 Å². The van der Waals surface area contributed by atoms with E-state index >= 15 is 0 Å². The maximum Gasteiger partial charge on any atom is 0.238 e. The van der Waals surface area contributed by atoms with Crippen molar-refractivity contribution in [3.63, 3.8) is 0 Å². The van der Waals surface area contributed by atoms with Gasteiger partial charge in [0.2, 0.25) is 5.91 Å². The fourth-order valence-corrected chi connectivity index (χ4v) is 5.07. The predicted octanol–water partition coefficient (Wildman–Crippen LogP) is 4.67. The van der Waals surface area contributed by atoms with Gasteiger partial charge in [-0.25, -0.2) is 8.78 Å². The summed E-state index contributed by atoms with van der Waals surface area (Å²) in [6, 6.07) is 9.24. The number of nitrogens with zero attached hydrogens (tertiary/aromatic N) is 1. The second-order valence-corrected chi connectivity index (χ2v) is 8.09. The van der Waals surface area contributed by atoms with Crippen molar-refractivity contribution >= 4 is 34.3 Å². The minimum absolute atomic E-state index is 0.0214. The molecule has 0 saturated carbocycles. The van der Waals surface area contributed by atoms with Gasteiger partial charge in [0.25, 0.3) is 0 Å². The number of fused-ring (bicyclic) bond motifs is 1. The number of amides is 1. The van der Waals surface area contributed by atoms with Crippen molar-refractivity contribution in [3.05, 3.63) is 74.1 Å². The number of hydrogen-bond acceptors (Lipinski definition) is 4. The lowest BCUT2D eigenvalue weighted by Crippen LogP contribution is -2.40. The Labute approximate surface area is 157 Å². The molecular formula is C19H16F2N2OS2. The molecular weight excluding hydrogens is 374 g/mol. The minimum Gasteiger partial charge on any atom is -0.322 e. The minimum atomic E-state index is -0.645. The van der Waals surface area contributed by atoms with Gasteiger partial charge in [0.15, 0.2) is 0 Å². The molecule has 0 radical (unpaired) electrons. The second-order valence-electron chi connectivity index (χ2n) is 6.11. The summed E-state index contributed by atoms with van der Waals surface area (Å²) in [5.74, 6) is -1.58. The third kappa shape index (κ3) is 3.42. The van der Waals surface area contributed by atoms with Crippen LogP contribution in [0, 0.1) is 11.6 Å². The van der Waals surface area contributed by atoms with Crippen LogP contribution in [0.4, 0.5) is 14.5 Å². The van der Waals surface area contributed by atoms with Crippen molar-refractivity contribution in [2.45, 2.75) is 12.5 Å². The zero-order valence-electron chi connectivity index (χ0n) is 13.7. The van der Waals surface area contributed by atoms with Gasteiger partial charge in [-0.2, -0.15) is 0 Å². The fraction of sp³-hybridized carbons (Fsp3) is 0.211. The Bertz CT molecular complexity index is 924. The van der Waals surface area contributed by atoms with E-state index in [0.717, 1.165) is 31.2 Å². The molecule has 7 heteroatoms. The Balaban J connectivity index is 1.55. The summed E-state index contributed by atoms with van der Waals surface area (Å²) in [5, 5.41) is 6.60. The zero-order valence-corrected chi connectivity index (χ0v) is 15.4. The van der Waals surface area contributed by atoms with Crippen LogP contribution in [0.2, 0.25) is 0 Å². The van der Waals surface area contributed by atoms with Gasteiger partial charge >= 0.3 is 0 Å². The van der Waals surface area contributed by atoms with E-state index in [9.17, 15) is 13.6 Å². The van der Waals surface area contributed by atoms with Crippen LogP contribution >= 0.6 is 22.7 Å². The van der Waals surface area contributed by atoms with E-state index < -0.39 is 11.6 Å². The van der Waals surface area contributed by atoms with E-state index in [4.69, 9.17) is 0 Å². The molecule has 1 aliphatic rings. The van der Waals surface area contributed by atoms with E-state index in [0.29, 0.717) is 0 Å². The summed E-state index contributed by atoms with van der Waals surface area (Å²) in [6.45, 7) is 0.864. The van der Waals surface area contributed by atoms with Crippen LogP contribution in [0.15, 0.2) is 47.2 Å². The van der Waals surface area contributed by atoms with Crippen molar-refractivity contribution in [1.29, 1.82) is 0 Å². The van der Waals surface area contributed by atoms with Crippen LogP contribution in [0.3, 0.4) is 0 Å². The average Bonchev–Trinajstić information content (AvgIpc) is 3.29. The zero-order chi connectivity index (χ0) is 18.1. The number of benzene rings is 1. The predicted molar refractivity (Wildman–Crippen MR) is 101 cm³/mol. The van der Waals surface area contributed by atoms with Gasteiger partial charge in [-0.05, 0) is 47.0 Å². The Kier molecular flexibility index (Phi) is 4.84. The first kappa shape index (κ1) is 17.3. The number of rotatable bonds is 4. The quantitative estimate of drug-likeness (QED) is 0.702. The van der Waals surface area contributed by atoms with E-state index in [-0.39, 0.29) is 24.2 Å². The molecule has 134 valence electrons. The van der Waals surface area contributed by atoms with Gasteiger partial charge in [0, 0.05) is 22.4 Å². The van der Waals surface area contributed by atoms with Gasteiger partial charge in [0.1, 0.15) is 11.6 Å². The number of thiophene rings is 2. The molecule has 1 N–H and O–H groups in total. The molecule has 0 bridgehead atoms. The monoisotopic (exact) mass is 390 g/mol. The molecule has 3 heterocycles. The molecule has 4 rings (SSSR count). The molecule has 1 aromatic carbocycles. The second kappa shape index (κ2) is 7.26. The maximum atomic E-state index is 13.8. The number of carbonyl (C=O) groups is 1. The highest BCUT2D eigenvalue weighted by molar-refractivity contribution is 7.10. The average molecular weight is 390 g/mol. The lowest BCUT2D eigenvalue weighted by atomic mass is 9.98.